The third-order valence-corrected chi connectivity index (χ3v) is 5.07. The molecule has 0 aliphatic heterocycles. The molecule has 1 aromatic carbocycles. The van der Waals surface area contributed by atoms with E-state index >= 15 is 0 Å². The standard InChI is InChI=1S/C26H35N9O3/c1-2-10-30-24-33-25(35-26(34-24)32-19-21-7-11-28-12-8-21)31-18-20-3-5-22(6-4-20)23(36)29-13-15-38-17-16-37-14-9-27/h2-8,11-12H,1,9-10,13-19,27H2,(H,29,36)(H3,30,31,32,33,34,35). The second kappa shape index (κ2) is 16.6. The van der Waals surface area contributed by atoms with Gasteiger partial charge in [-0.25, -0.2) is 0 Å². The molecule has 0 saturated heterocycles. The number of carbonyl (C=O) groups is 1. The molecule has 12 heteroatoms. The predicted octanol–water partition coefficient (Wildman–Crippen LogP) is 1.81. The summed E-state index contributed by atoms with van der Waals surface area (Å²) >= 11 is 0. The second-order valence-corrected chi connectivity index (χ2v) is 8.00. The maximum Gasteiger partial charge on any atom is 0.251 e. The van der Waals surface area contributed by atoms with E-state index in [-0.39, 0.29) is 5.91 Å². The Morgan fingerprint density at radius 3 is 2.00 bits per heavy atom. The molecule has 0 aliphatic carbocycles. The first-order valence-corrected chi connectivity index (χ1v) is 12.4. The minimum Gasteiger partial charge on any atom is -0.378 e. The Labute approximate surface area is 222 Å². The lowest BCUT2D eigenvalue weighted by molar-refractivity contribution is 0.0511. The smallest absolute Gasteiger partial charge is 0.251 e. The van der Waals surface area contributed by atoms with E-state index in [9.17, 15) is 4.79 Å². The van der Waals surface area contributed by atoms with Crippen LogP contribution in [0.2, 0.25) is 0 Å². The molecule has 2 heterocycles. The highest BCUT2D eigenvalue weighted by molar-refractivity contribution is 5.94. The number of rotatable bonds is 18. The number of benzene rings is 1. The van der Waals surface area contributed by atoms with Gasteiger partial charge in [-0.15, -0.1) is 6.58 Å². The number of hydrogen-bond acceptors (Lipinski definition) is 11. The van der Waals surface area contributed by atoms with Crippen LogP contribution < -0.4 is 27.0 Å². The third kappa shape index (κ3) is 10.5. The molecule has 0 spiro atoms. The van der Waals surface area contributed by atoms with Crippen molar-refractivity contribution in [3.05, 3.63) is 78.1 Å². The molecule has 38 heavy (non-hydrogen) atoms. The molecule has 6 N–H and O–H groups in total. The topological polar surface area (TPSA) is 161 Å². The van der Waals surface area contributed by atoms with Crippen LogP contribution in [-0.4, -0.2) is 71.9 Å². The number of pyridine rings is 1. The molecular formula is C26H35N9O3. The number of hydrogen-bond donors (Lipinski definition) is 5. The summed E-state index contributed by atoms with van der Waals surface area (Å²) in [6, 6.07) is 11.2. The van der Waals surface area contributed by atoms with Crippen molar-refractivity contribution in [2.24, 2.45) is 5.73 Å². The third-order valence-electron chi connectivity index (χ3n) is 5.07. The van der Waals surface area contributed by atoms with Crippen LogP contribution in [-0.2, 0) is 22.6 Å². The highest BCUT2D eigenvalue weighted by atomic mass is 16.5. The summed E-state index contributed by atoms with van der Waals surface area (Å²) in [5, 5.41) is 12.4. The molecule has 0 aliphatic rings. The molecule has 0 unspecified atom stereocenters. The van der Waals surface area contributed by atoms with Gasteiger partial charge in [-0.05, 0) is 35.4 Å². The Balaban J connectivity index is 1.48. The van der Waals surface area contributed by atoms with E-state index in [1.165, 1.54) is 0 Å². The van der Waals surface area contributed by atoms with Crippen LogP contribution in [0, 0.1) is 0 Å². The zero-order chi connectivity index (χ0) is 26.8. The highest BCUT2D eigenvalue weighted by Gasteiger charge is 2.08. The quantitative estimate of drug-likeness (QED) is 0.123. The van der Waals surface area contributed by atoms with Gasteiger partial charge in [-0.3, -0.25) is 9.78 Å². The maximum absolute atomic E-state index is 12.4. The van der Waals surface area contributed by atoms with Crippen molar-refractivity contribution in [3.63, 3.8) is 0 Å². The lowest BCUT2D eigenvalue weighted by Gasteiger charge is -2.11. The van der Waals surface area contributed by atoms with Crippen molar-refractivity contribution in [1.82, 2.24) is 25.3 Å². The van der Waals surface area contributed by atoms with Crippen molar-refractivity contribution < 1.29 is 14.3 Å². The van der Waals surface area contributed by atoms with E-state index in [0.717, 1.165) is 11.1 Å². The zero-order valence-electron chi connectivity index (χ0n) is 21.4. The summed E-state index contributed by atoms with van der Waals surface area (Å²) in [5.74, 6) is 1.12. The van der Waals surface area contributed by atoms with Crippen LogP contribution in [0.25, 0.3) is 0 Å². The average molecular weight is 522 g/mol. The largest absolute Gasteiger partial charge is 0.378 e. The molecule has 0 fully saturated rings. The van der Waals surface area contributed by atoms with Crippen LogP contribution in [0.3, 0.4) is 0 Å². The van der Waals surface area contributed by atoms with Crippen LogP contribution in [0.5, 0.6) is 0 Å². The Bertz CT molecular complexity index is 1110. The summed E-state index contributed by atoms with van der Waals surface area (Å²) in [4.78, 5) is 29.7. The Kier molecular flexibility index (Phi) is 12.4. The van der Waals surface area contributed by atoms with Crippen molar-refractivity contribution in [3.8, 4) is 0 Å². The molecule has 1 amide bonds. The molecule has 3 rings (SSSR count). The van der Waals surface area contributed by atoms with Gasteiger partial charge >= 0.3 is 0 Å². The summed E-state index contributed by atoms with van der Waals surface area (Å²) in [7, 11) is 0. The van der Waals surface area contributed by atoms with E-state index in [2.05, 4.69) is 47.8 Å². The van der Waals surface area contributed by atoms with Gasteiger partial charge in [0.1, 0.15) is 0 Å². The lowest BCUT2D eigenvalue weighted by atomic mass is 10.1. The molecule has 0 saturated carbocycles. The van der Waals surface area contributed by atoms with Gasteiger partial charge in [-0.1, -0.05) is 18.2 Å². The number of amides is 1. The zero-order valence-corrected chi connectivity index (χ0v) is 21.4. The van der Waals surface area contributed by atoms with E-state index in [1.54, 1.807) is 30.6 Å². The fourth-order valence-electron chi connectivity index (χ4n) is 3.16. The fourth-order valence-corrected chi connectivity index (χ4v) is 3.16. The molecule has 0 bridgehead atoms. The molecule has 202 valence electrons. The monoisotopic (exact) mass is 521 g/mol. The Morgan fingerprint density at radius 2 is 1.39 bits per heavy atom. The van der Waals surface area contributed by atoms with Gasteiger partial charge < -0.3 is 36.5 Å². The minimum absolute atomic E-state index is 0.159. The van der Waals surface area contributed by atoms with E-state index in [0.29, 0.717) is 82.6 Å². The van der Waals surface area contributed by atoms with E-state index < -0.39 is 0 Å². The number of carbonyl (C=O) groups excluding carboxylic acids is 1. The van der Waals surface area contributed by atoms with E-state index in [1.807, 2.05) is 24.3 Å². The number of aromatic nitrogens is 4. The summed E-state index contributed by atoms with van der Waals surface area (Å²) in [6.07, 6.45) is 5.20. The van der Waals surface area contributed by atoms with Crippen LogP contribution >= 0.6 is 0 Å². The van der Waals surface area contributed by atoms with Gasteiger partial charge in [0, 0.05) is 50.7 Å². The highest BCUT2D eigenvalue weighted by Crippen LogP contribution is 2.13. The molecule has 0 atom stereocenters. The molecule has 0 radical (unpaired) electrons. The van der Waals surface area contributed by atoms with Crippen molar-refractivity contribution in [2.75, 3.05) is 62.0 Å². The normalized spacial score (nSPS) is 10.6. The number of anilines is 3. The first-order chi connectivity index (χ1) is 18.7. The summed E-state index contributed by atoms with van der Waals surface area (Å²) < 4.78 is 10.6. The van der Waals surface area contributed by atoms with E-state index in [4.69, 9.17) is 15.2 Å². The van der Waals surface area contributed by atoms with Gasteiger partial charge in [0.15, 0.2) is 0 Å². The van der Waals surface area contributed by atoms with Crippen molar-refractivity contribution in [1.29, 1.82) is 0 Å². The minimum atomic E-state index is -0.159. The number of ether oxygens (including phenoxy) is 2. The number of nitrogens with two attached hydrogens (primary N) is 1. The van der Waals surface area contributed by atoms with Crippen LogP contribution in [0.15, 0.2) is 61.4 Å². The molecule has 3 aromatic rings. The SMILES string of the molecule is C=CCNc1nc(NCc2ccncc2)nc(NCc2ccc(C(=O)NCCOCCOCCN)cc2)n1. The number of nitrogens with one attached hydrogen (secondary N) is 4. The second-order valence-electron chi connectivity index (χ2n) is 8.00. The summed E-state index contributed by atoms with van der Waals surface area (Å²) in [6.45, 7) is 8.03. The van der Waals surface area contributed by atoms with Gasteiger partial charge in [0.25, 0.3) is 5.91 Å². The Morgan fingerprint density at radius 1 is 0.816 bits per heavy atom. The average Bonchev–Trinajstić information content (AvgIpc) is 2.96. The fraction of sp³-hybridized carbons (Fsp3) is 0.346. The molecule has 2 aromatic heterocycles. The first kappa shape index (κ1) is 28.4. The van der Waals surface area contributed by atoms with Gasteiger partial charge in [0.2, 0.25) is 17.8 Å². The first-order valence-electron chi connectivity index (χ1n) is 12.4. The van der Waals surface area contributed by atoms with Crippen molar-refractivity contribution in [2.45, 2.75) is 13.1 Å². The maximum atomic E-state index is 12.4. The summed E-state index contributed by atoms with van der Waals surface area (Å²) in [5.41, 5.74) is 7.94. The lowest BCUT2D eigenvalue weighted by Crippen LogP contribution is -2.27. The van der Waals surface area contributed by atoms with Gasteiger partial charge in [-0.2, -0.15) is 15.0 Å². The van der Waals surface area contributed by atoms with Crippen molar-refractivity contribution >= 4 is 23.8 Å². The Hall–Kier alpha value is -4.13. The van der Waals surface area contributed by atoms with Crippen LogP contribution in [0.4, 0.5) is 17.8 Å². The van der Waals surface area contributed by atoms with Crippen LogP contribution in [0.1, 0.15) is 21.5 Å². The molecular weight excluding hydrogens is 486 g/mol. The van der Waals surface area contributed by atoms with Gasteiger partial charge in [0.05, 0.1) is 26.4 Å². The number of nitrogens with zero attached hydrogens (tertiary/aromatic N) is 4. The molecule has 12 nitrogen and oxygen atoms in total. The predicted molar refractivity (Wildman–Crippen MR) is 147 cm³/mol.